The Kier molecular flexibility index (Phi) is 3.13. The molecule has 0 aliphatic carbocycles. The number of benzene rings is 1. The first-order chi connectivity index (χ1) is 9.70. The van der Waals surface area contributed by atoms with Gasteiger partial charge in [0.1, 0.15) is 18.4 Å². The lowest BCUT2D eigenvalue weighted by molar-refractivity contribution is 0.415. The summed E-state index contributed by atoms with van der Waals surface area (Å²) >= 11 is 5.73. The Morgan fingerprint density at radius 1 is 1.20 bits per heavy atom. The Morgan fingerprint density at radius 3 is 2.60 bits per heavy atom. The molecule has 8 heteroatoms. The van der Waals surface area contributed by atoms with E-state index in [1.807, 2.05) is 28.8 Å². The van der Waals surface area contributed by atoms with E-state index < -0.39 is 0 Å². The molecule has 0 spiro atoms. The molecule has 0 amide bonds. The molecule has 0 aliphatic heterocycles. The molecule has 20 heavy (non-hydrogen) atoms. The summed E-state index contributed by atoms with van der Waals surface area (Å²) in [5.41, 5.74) is 2.05. The van der Waals surface area contributed by atoms with Gasteiger partial charge in [-0.3, -0.25) is 4.57 Å². The second-order valence-electron chi connectivity index (χ2n) is 3.99. The zero-order valence-electron chi connectivity index (χ0n) is 10.6. The molecule has 1 aromatic carbocycles. The van der Waals surface area contributed by atoms with Crippen LogP contribution in [0.5, 0.6) is 5.75 Å². The van der Waals surface area contributed by atoms with Crippen LogP contribution in [0.4, 0.5) is 5.82 Å². The van der Waals surface area contributed by atoms with Gasteiger partial charge in [-0.2, -0.15) is 4.53 Å². The van der Waals surface area contributed by atoms with Crippen LogP contribution >= 0.6 is 11.8 Å². The molecule has 0 unspecified atom stereocenters. The molecule has 2 aromatic heterocycles. The van der Waals surface area contributed by atoms with Crippen LogP contribution in [-0.4, -0.2) is 26.6 Å². The van der Waals surface area contributed by atoms with Crippen molar-refractivity contribution in [2.45, 2.75) is 0 Å². The normalized spacial score (nSPS) is 10.8. The van der Waals surface area contributed by atoms with Gasteiger partial charge in [-0.1, -0.05) is 0 Å². The van der Waals surface area contributed by atoms with E-state index in [1.54, 1.807) is 13.4 Å². The molecule has 102 valence electrons. The van der Waals surface area contributed by atoms with E-state index >= 15 is 0 Å². The Hall–Kier alpha value is -2.38. The summed E-state index contributed by atoms with van der Waals surface area (Å²) in [5.74, 6) is 6.64. The van der Waals surface area contributed by atoms with Gasteiger partial charge in [-0.25, -0.2) is 20.8 Å². The second-order valence-corrected chi connectivity index (χ2v) is 4.36. The fraction of sp³-hybridized carbons (Fsp3) is 0.0833. The largest absolute Gasteiger partial charge is 0.497 e. The van der Waals surface area contributed by atoms with Crippen molar-refractivity contribution < 1.29 is 4.74 Å². The number of imidazole rings is 1. The second kappa shape index (κ2) is 4.95. The number of halogens is 1. The number of nitrogens with zero attached hydrogens (tertiary/aromatic N) is 5. The Morgan fingerprint density at radius 2 is 1.95 bits per heavy atom. The molecule has 0 aliphatic rings. The Balaban J connectivity index is 2.14. The first-order valence-corrected chi connectivity index (χ1v) is 6.07. The lowest BCUT2D eigenvalue weighted by Crippen LogP contribution is -2.20. The highest BCUT2D eigenvalue weighted by atomic mass is 35.5. The molecule has 0 atom stereocenters. The predicted molar refractivity (Wildman–Crippen MR) is 75.7 cm³/mol. The van der Waals surface area contributed by atoms with E-state index in [1.165, 1.54) is 6.33 Å². The first-order valence-electron chi connectivity index (χ1n) is 5.74. The maximum Gasteiger partial charge on any atom is 0.190 e. The number of ether oxygens (including phenoxy) is 1. The van der Waals surface area contributed by atoms with Gasteiger partial charge in [-0.15, -0.1) is 0 Å². The molecule has 0 radical (unpaired) electrons. The van der Waals surface area contributed by atoms with Crippen molar-refractivity contribution in [1.29, 1.82) is 0 Å². The van der Waals surface area contributed by atoms with Crippen molar-refractivity contribution in [3.05, 3.63) is 36.9 Å². The maximum atomic E-state index is 5.73. The molecule has 7 nitrogen and oxygen atoms in total. The van der Waals surface area contributed by atoms with Crippen LogP contribution in [-0.2, 0) is 0 Å². The van der Waals surface area contributed by atoms with Crippen molar-refractivity contribution in [1.82, 2.24) is 19.5 Å². The van der Waals surface area contributed by atoms with E-state index in [9.17, 15) is 0 Å². The van der Waals surface area contributed by atoms with Gasteiger partial charge in [0, 0.05) is 17.5 Å². The standard InChI is InChI=1S/C12H11ClN6O/c1-20-9-4-2-8(3-5-9)18-7-17-10-11(18)15-6-16-12(10)19(13)14/h2-7H,14H2,1H3. The van der Waals surface area contributed by atoms with Crippen LogP contribution in [0.15, 0.2) is 36.9 Å². The fourth-order valence-electron chi connectivity index (χ4n) is 1.91. The fourth-order valence-corrected chi connectivity index (χ4v) is 2.03. The van der Waals surface area contributed by atoms with Crippen molar-refractivity contribution in [2.75, 3.05) is 11.6 Å². The summed E-state index contributed by atoms with van der Waals surface area (Å²) in [7, 11) is 1.62. The highest BCUT2D eigenvalue weighted by molar-refractivity contribution is 6.25. The zero-order chi connectivity index (χ0) is 14.1. The first kappa shape index (κ1) is 12.6. The monoisotopic (exact) mass is 290 g/mol. The molecule has 3 rings (SSSR count). The minimum Gasteiger partial charge on any atom is -0.497 e. The topological polar surface area (TPSA) is 82.1 Å². The van der Waals surface area contributed by atoms with Gasteiger partial charge >= 0.3 is 0 Å². The number of nitrogens with two attached hydrogens (primary N) is 1. The zero-order valence-corrected chi connectivity index (χ0v) is 11.3. The van der Waals surface area contributed by atoms with Gasteiger partial charge in [0.15, 0.2) is 17.0 Å². The van der Waals surface area contributed by atoms with E-state index in [2.05, 4.69) is 15.0 Å². The van der Waals surface area contributed by atoms with E-state index in [4.69, 9.17) is 22.4 Å². The minimum absolute atomic E-state index is 0.351. The average Bonchev–Trinajstić information content (AvgIpc) is 2.91. The smallest absolute Gasteiger partial charge is 0.190 e. The summed E-state index contributed by atoms with van der Waals surface area (Å²) in [6, 6.07) is 7.53. The van der Waals surface area contributed by atoms with E-state index in [0.29, 0.717) is 17.0 Å². The van der Waals surface area contributed by atoms with Gasteiger partial charge in [0.25, 0.3) is 0 Å². The van der Waals surface area contributed by atoms with Crippen LogP contribution in [0.1, 0.15) is 0 Å². The van der Waals surface area contributed by atoms with Crippen molar-refractivity contribution in [3.63, 3.8) is 0 Å². The number of rotatable bonds is 3. The number of fused-ring (bicyclic) bond motifs is 1. The van der Waals surface area contributed by atoms with Crippen LogP contribution in [0.25, 0.3) is 16.9 Å². The molecule has 0 fully saturated rings. The third-order valence-electron chi connectivity index (χ3n) is 2.87. The maximum absolute atomic E-state index is 5.73. The van der Waals surface area contributed by atoms with Gasteiger partial charge < -0.3 is 4.74 Å². The lowest BCUT2D eigenvalue weighted by atomic mass is 10.3. The molecule has 2 heterocycles. The van der Waals surface area contributed by atoms with Crippen molar-refractivity contribution >= 4 is 28.8 Å². The van der Waals surface area contributed by atoms with Gasteiger partial charge in [0.05, 0.1) is 7.11 Å². The number of hydrogen-bond acceptors (Lipinski definition) is 6. The number of hydrazine groups is 1. The molecule has 2 N–H and O–H groups in total. The third-order valence-corrected chi connectivity index (χ3v) is 3.03. The molecular weight excluding hydrogens is 280 g/mol. The Bertz CT molecular complexity index is 739. The molecule has 0 saturated carbocycles. The SMILES string of the molecule is COc1ccc(-n2cnc3c(N(N)Cl)ncnc32)cc1. The summed E-state index contributed by atoms with van der Waals surface area (Å²) < 4.78 is 7.85. The number of aromatic nitrogens is 4. The molecule has 0 bridgehead atoms. The van der Waals surface area contributed by atoms with Crippen molar-refractivity contribution in [3.8, 4) is 11.4 Å². The molecular formula is C12H11ClN6O. The summed E-state index contributed by atoms with van der Waals surface area (Å²) in [6.45, 7) is 0. The highest BCUT2D eigenvalue weighted by Crippen LogP contribution is 2.24. The van der Waals surface area contributed by atoms with Crippen molar-refractivity contribution in [2.24, 2.45) is 5.84 Å². The molecule has 3 aromatic rings. The summed E-state index contributed by atoms with van der Waals surface area (Å²) in [4.78, 5) is 12.5. The lowest BCUT2D eigenvalue weighted by Gasteiger charge is -2.08. The minimum atomic E-state index is 0.351. The van der Waals surface area contributed by atoms with E-state index in [-0.39, 0.29) is 0 Å². The van der Waals surface area contributed by atoms with Crippen LogP contribution in [0.2, 0.25) is 0 Å². The predicted octanol–water partition coefficient (Wildman–Crippen LogP) is 1.66. The average molecular weight is 291 g/mol. The number of hydrogen-bond donors (Lipinski definition) is 1. The van der Waals surface area contributed by atoms with E-state index in [0.717, 1.165) is 16.0 Å². The number of methoxy groups -OCH3 is 1. The van der Waals surface area contributed by atoms with Crippen LogP contribution in [0, 0.1) is 0 Å². The summed E-state index contributed by atoms with van der Waals surface area (Å²) in [6.07, 6.45) is 3.03. The summed E-state index contributed by atoms with van der Waals surface area (Å²) in [5, 5.41) is 0. The van der Waals surface area contributed by atoms with Gasteiger partial charge in [0.2, 0.25) is 0 Å². The van der Waals surface area contributed by atoms with Crippen LogP contribution < -0.4 is 15.1 Å². The quantitative estimate of drug-likeness (QED) is 0.449. The van der Waals surface area contributed by atoms with Gasteiger partial charge in [-0.05, 0) is 24.3 Å². The third kappa shape index (κ3) is 2.02. The molecule has 0 saturated heterocycles. The Labute approximate surface area is 119 Å². The van der Waals surface area contributed by atoms with Crippen LogP contribution in [0.3, 0.4) is 0 Å². The highest BCUT2D eigenvalue weighted by Gasteiger charge is 2.13. The number of anilines is 1.